The van der Waals surface area contributed by atoms with Gasteiger partial charge in [-0.1, -0.05) is 0 Å². The Hall–Kier alpha value is 0.450. The van der Waals surface area contributed by atoms with Crippen LogP contribution in [0.5, 0.6) is 0 Å². The molecule has 0 aromatic heterocycles. The molecule has 0 amide bonds. The summed E-state index contributed by atoms with van der Waals surface area (Å²) in [5.41, 5.74) is 0. The minimum absolute atomic E-state index is 0. The molecule has 4 heavy (non-hydrogen) atoms. The summed E-state index contributed by atoms with van der Waals surface area (Å²) in [6.07, 6.45) is 0. The molecule has 1 nitrogen and oxygen atoms in total. The molecule has 0 saturated carbocycles. The third-order valence-electron chi connectivity index (χ3n) is 0. The molecule has 0 unspecified atom stereocenters. The van der Waals surface area contributed by atoms with Gasteiger partial charge in [0.05, 0.1) is 0 Å². The van der Waals surface area contributed by atoms with Crippen LogP contribution < -0.4 is 0 Å². The van der Waals surface area contributed by atoms with Crippen LogP contribution in [0.1, 0.15) is 0 Å². The molecular formula is C2H2NaO. The van der Waals surface area contributed by atoms with Crippen LogP contribution in [-0.4, -0.2) is 35.5 Å². The van der Waals surface area contributed by atoms with Crippen molar-refractivity contribution in [3.05, 3.63) is 6.58 Å². The van der Waals surface area contributed by atoms with Crippen LogP contribution in [-0.2, 0) is 4.79 Å². The molecule has 0 heterocycles. The van der Waals surface area contributed by atoms with Crippen LogP contribution >= 0.6 is 0 Å². The van der Waals surface area contributed by atoms with Gasteiger partial charge in [0.2, 0.25) is 0 Å². The van der Waals surface area contributed by atoms with Crippen molar-refractivity contribution >= 4 is 35.5 Å². The van der Waals surface area contributed by atoms with Gasteiger partial charge in [0.25, 0.3) is 0 Å². The van der Waals surface area contributed by atoms with Crippen molar-refractivity contribution in [2.24, 2.45) is 0 Å². The predicted molar refractivity (Wildman–Crippen MR) is 17.1 cm³/mol. The van der Waals surface area contributed by atoms with E-state index in [1.165, 1.54) is 5.94 Å². The second-order valence-corrected chi connectivity index (χ2v) is 0.144. The third-order valence-corrected chi connectivity index (χ3v) is 0. The van der Waals surface area contributed by atoms with Crippen LogP contribution in [0, 0.1) is 0 Å². The average Bonchev–Trinajstić information content (AvgIpc) is 0.918. The van der Waals surface area contributed by atoms with Crippen molar-refractivity contribution in [2.45, 2.75) is 0 Å². The van der Waals surface area contributed by atoms with Crippen LogP contribution in [0.15, 0.2) is 6.58 Å². The minimum atomic E-state index is 0. The van der Waals surface area contributed by atoms with Gasteiger partial charge >= 0.3 is 0 Å². The molecule has 0 aliphatic rings. The number of rotatable bonds is 0. The van der Waals surface area contributed by atoms with E-state index >= 15 is 0 Å². The van der Waals surface area contributed by atoms with E-state index in [1.807, 2.05) is 0 Å². The Labute approximate surface area is 47.0 Å². The third kappa shape index (κ3) is 25.4. The van der Waals surface area contributed by atoms with E-state index in [1.54, 1.807) is 0 Å². The maximum atomic E-state index is 8.57. The smallest absolute Gasteiger partial charge is 0.116 e. The molecule has 17 valence electrons. The van der Waals surface area contributed by atoms with E-state index in [4.69, 9.17) is 4.79 Å². The summed E-state index contributed by atoms with van der Waals surface area (Å²) in [6.45, 7) is 2.68. The fraction of sp³-hybridized carbons (Fsp3) is 0. The first-order chi connectivity index (χ1) is 1.41. The van der Waals surface area contributed by atoms with Gasteiger partial charge in [0, 0.05) is 29.6 Å². The van der Waals surface area contributed by atoms with Gasteiger partial charge in [-0.15, -0.1) is 0 Å². The Morgan fingerprint density at radius 2 is 1.75 bits per heavy atom. The van der Waals surface area contributed by atoms with E-state index in [0.29, 0.717) is 0 Å². The molecule has 2 heteroatoms. The Kier molecular flexibility index (Phi) is 21.7. The SMILES string of the molecule is C=C=O.[Na]. The quantitative estimate of drug-likeness (QED) is 0.278. The molecule has 0 N–H and O–H groups in total. The standard InChI is InChI=1S/C2H2O.Na/c1-2-3;/h1H2;. The normalized spacial score (nSPS) is 2.00. The van der Waals surface area contributed by atoms with Crippen LogP contribution in [0.3, 0.4) is 0 Å². The van der Waals surface area contributed by atoms with Crippen LogP contribution in [0.2, 0.25) is 0 Å². The van der Waals surface area contributed by atoms with Gasteiger partial charge in [-0.2, -0.15) is 0 Å². The fourth-order valence-electron chi connectivity index (χ4n) is 0. The van der Waals surface area contributed by atoms with Gasteiger partial charge in [0.15, 0.2) is 0 Å². The first-order valence-corrected chi connectivity index (χ1v) is 0.558. The molecule has 0 saturated heterocycles. The maximum Gasteiger partial charge on any atom is 0.116 e. The molecule has 0 atom stereocenters. The maximum absolute atomic E-state index is 8.57. The second kappa shape index (κ2) is 9.85. The van der Waals surface area contributed by atoms with Crippen molar-refractivity contribution in [1.29, 1.82) is 0 Å². The summed E-state index contributed by atoms with van der Waals surface area (Å²) >= 11 is 0. The van der Waals surface area contributed by atoms with Gasteiger partial charge in [-0.05, 0) is 6.58 Å². The molecular weight excluding hydrogens is 63.0 g/mol. The summed E-state index contributed by atoms with van der Waals surface area (Å²) in [5, 5.41) is 0. The van der Waals surface area contributed by atoms with Gasteiger partial charge < -0.3 is 0 Å². The van der Waals surface area contributed by atoms with Gasteiger partial charge in [-0.3, -0.25) is 0 Å². The Bertz CT molecular complexity index is 27.0. The average molecular weight is 65.0 g/mol. The van der Waals surface area contributed by atoms with Crippen molar-refractivity contribution in [3.63, 3.8) is 0 Å². The summed E-state index contributed by atoms with van der Waals surface area (Å²) in [7, 11) is 0. The van der Waals surface area contributed by atoms with Gasteiger partial charge in [0.1, 0.15) is 5.94 Å². The monoisotopic (exact) mass is 65.0 g/mol. The molecule has 0 aliphatic carbocycles. The molecule has 0 bridgehead atoms. The molecule has 0 aromatic rings. The van der Waals surface area contributed by atoms with E-state index in [-0.39, 0.29) is 29.6 Å². The predicted octanol–water partition coefficient (Wildman–Crippen LogP) is -0.377. The molecule has 1 radical (unpaired) electrons. The van der Waals surface area contributed by atoms with E-state index in [0.717, 1.165) is 0 Å². The molecule has 0 spiro atoms. The number of hydrogen-bond donors (Lipinski definition) is 0. The Balaban J connectivity index is 0. The zero-order valence-corrected chi connectivity index (χ0v) is 4.62. The number of hydrogen-bond acceptors (Lipinski definition) is 1. The largest absolute Gasteiger partial charge is 0.234 e. The first kappa shape index (κ1) is 8.82. The van der Waals surface area contributed by atoms with Crippen LogP contribution in [0.4, 0.5) is 0 Å². The van der Waals surface area contributed by atoms with Crippen LogP contribution in [0.25, 0.3) is 0 Å². The zero-order chi connectivity index (χ0) is 2.71. The molecule has 0 fully saturated rings. The fourth-order valence-corrected chi connectivity index (χ4v) is 0. The van der Waals surface area contributed by atoms with Crippen molar-refractivity contribution in [1.82, 2.24) is 0 Å². The molecule has 0 aromatic carbocycles. The van der Waals surface area contributed by atoms with Crippen molar-refractivity contribution in [2.75, 3.05) is 0 Å². The number of carbonyl (C=O) groups excluding carboxylic acids is 1. The Morgan fingerprint density at radius 1 is 1.75 bits per heavy atom. The summed E-state index contributed by atoms with van der Waals surface area (Å²) in [4.78, 5) is 8.57. The van der Waals surface area contributed by atoms with Gasteiger partial charge in [-0.25, -0.2) is 4.79 Å². The molecule has 0 aliphatic heterocycles. The summed E-state index contributed by atoms with van der Waals surface area (Å²) in [6, 6.07) is 0. The summed E-state index contributed by atoms with van der Waals surface area (Å²) in [5.74, 6) is 1.25. The summed E-state index contributed by atoms with van der Waals surface area (Å²) < 4.78 is 0. The van der Waals surface area contributed by atoms with E-state index < -0.39 is 0 Å². The zero-order valence-electron chi connectivity index (χ0n) is 2.62. The van der Waals surface area contributed by atoms with E-state index in [2.05, 4.69) is 6.58 Å². The van der Waals surface area contributed by atoms with Crippen molar-refractivity contribution < 1.29 is 4.79 Å². The second-order valence-electron chi connectivity index (χ2n) is 0.144. The molecule has 0 rings (SSSR count). The Morgan fingerprint density at radius 3 is 1.75 bits per heavy atom. The minimum Gasteiger partial charge on any atom is -0.234 e. The van der Waals surface area contributed by atoms with E-state index in [9.17, 15) is 0 Å². The first-order valence-electron chi connectivity index (χ1n) is 0.558. The van der Waals surface area contributed by atoms with Crippen molar-refractivity contribution in [3.8, 4) is 0 Å². The topological polar surface area (TPSA) is 17.1 Å².